The maximum absolute atomic E-state index is 13.9. The van der Waals surface area contributed by atoms with E-state index in [1.54, 1.807) is 26.2 Å². The van der Waals surface area contributed by atoms with Crippen LogP contribution in [0.2, 0.25) is 0 Å². The molecule has 0 N–H and O–H groups in total. The number of aryl methyl sites for hydroxylation is 1. The largest absolute Gasteiger partial charge is 0.417 e. The lowest BCUT2D eigenvalue weighted by molar-refractivity contribution is -0.136. The summed E-state index contributed by atoms with van der Waals surface area (Å²) in [6.45, 7) is 7.54. The molecule has 1 aliphatic rings. The van der Waals surface area contributed by atoms with Gasteiger partial charge in [0.25, 0.3) is 5.71 Å². The molecule has 0 spiro atoms. The van der Waals surface area contributed by atoms with Crippen LogP contribution in [0.1, 0.15) is 66.9 Å². The van der Waals surface area contributed by atoms with Crippen LogP contribution < -0.4 is 0 Å². The summed E-state index contributed by atoms with van der Waals surface area (Å²) in [5.74, 6) is 0.405. The number of halogens is 3. The Balaban J connectivity index is 1.66. The minimum Gasteiger partial charge on any atom is -0.336 e. The number of alkyl halides is 3. The Bertz CT molecular complexity index is 1030. The SMILES string of the molecule is Cc1ncc(CN2CCCC(c3noc4nc(C(C)C)cc(C(F)(F)F)c34)C2)cn1. The highest BCUT2D eigenvalue weighted by molar-refractivity contribution is 5.81. The van der Waals surface area contributed by atoms with E-state index in [0.29, 0.717) is 30.3 Å². The first-order valence-corrected chi connectivity index (χ1v) is 10.1. The van der Waals surface area contributed by atoms with Crippen LogP contribution in [0.3, 0.4) is 0 Å². The first-order valence-electron chi connectivity index (χ1n) is 10.1. The molecule has 1 aliphatic heterocycles. The predicted molar refractivity (Wildman–Crippen MR) is 105 cm³/mol. The van der Waals surface area contributed by atoms with Crippen LogP contribution in [0.4, 0.5) is 13.2 Å². The standard InChI is InChI=1S/C21H24F3N5O/c1-12(2)17-7-16(21(22,23)24)18-19(28-30-20(18)27-17)15-5-4-6-29(11-15)10-14-8-25-13(3)26-9-14/h7-9,12,15H,4-6,10-11H2,1-3H3. The van der Waals surface area contributed by atoms with Crippen molar-refractivity contribution in [1.29, 1.82) is 0 Å². The number of nitrogens with zero attached hydrogens (tertiary/aromatic N) is 5. The van der Waals surface area contributed by atoms with Crippen LogP contribution in [0.25, 0.3) is 11.1 Å². The average Bonchev–Trinajstić information content (AvgIpc) is 3.12. The fourth-order valence-corrected chi connectivity index (χ4v) is 3.97. The quantitative estimate of drug-likeness (QED) is 0.603. The summed E-state index contributed by atoms with van der Waals surface area (Å²) in [5, 5.41) is 4.06. The van der Waals surface area contributed by atoms with Gasteiger partial charge in [-0.25, -0.2) is 15.0 Å². The maximum Gasteiger partial charge on any atom is 0.417 e. The van der Waals surface area contributed by atoms with Crippen LogP contribution in [0.15, 0.2) is 23.0 Å². The molecule has 1 saturated heterocycles. The lowest BCUT2D eigenvalue weighted by atomic mass is 9.91. The van der Waals surface area contributed by atoms with Crippen molar-refractivity contribution in [3.05, 3.63) is 46.8 Å². The number of hydrogen-bond acceptors (Lipinski definition) is 6. The summed E-state index contributed by atoms with van der Waals surface area (Å²) in [6, 6.07) is 1.14. The van der Waals surface area contributed by atoms with Crippen LogP contribution in [-0.2, 0) is 12.7 Å². The zero-order valence-electron chi connectivity index (χ0n) is 17.2. The van der Waals surface area contributed by atoms with Crippen molar-refractivity contribution >= 4 is 11.1 Å². The Morgan fingerprint density at radius 2 is 1.97 bits per heavy atom. The third-order valence-corrected chi connectivity index (χ3v) is 5.52. The lowest BCUT2D eigenvalue weighted by Crippen LogP contribution is -2.34. The molecule has 30 heavy (non-hydrogen) atoms. The summed E-state index contributed by atoms with van der Waals surface area (Å²) in [7, 11) is 0. The molecule has 1 unspecified atom stereocenters. The second-order valence-electron chi connectivity index (χ2n) is 8.21. The van der Waals surface area contributed by atoms with E-state index in [9.17, 15) is 13.2 Å². The van der Waals surface area contributed by atoms with E-state index in [2.05, 4.69) is 25.0 Å². The highest BCUT2D eigenvalue weighted by Crippen LogP contribution is 2.40. The topological polar surface area (TPSA) is 67.9 Å². The van der Waals surface area contributed by atoms with Crippen molar-refractivity contribution in [2.24, 2.45) is 0 Å². The van der Waals surface area contributed by atoms with Gasteiger partial charge >= 0.3 is 6.18 Å². The number of fused-ring (bicyclic) bond motifs is 1. The molecule has 6 nitrogen and oxygen atoms in total. The Labute approximate surface area is 172 Å². The third-order valence-electron chi connectivity index (χ3n) is 5.52. The Morgan fingerprint density at radius 3 is 2.63 bits per heavy atom. The zero-order valence-corrected chi connectivity index (χ0v) is 17.2. The van der Waals surface area contributed by atoms with Crippen LogP contribution >= 0.6 is 0 Å². The monoisotopic (exact) mass is 419 g/mol. The van der Waals surface area contributed by atoms with Gasteiger partial charge in [0.05, 0.1) is 16.6 Å². The molecule has 160 valence electrons. The van der Waals surface area contributed by atoms with Crippen LogP contribution in [0, 0.1) is 6.92 Å². The van der Waals surface area contributed by atoms with Crippen molar-refractivity contribution in [2.45, 2.75) is 58.2 Å². The van der Waals surface area contributed by atoms with E-state index in [4.69, 9.17) is 4.52 Å². The summed E-state index contributed by atoms with van der Waals surface area (Å²) in [5.41, 5.74) is 0.932. The Kier molecular flexibility index (Phi) is 5.48. The van der Waals surface area contributed by atoms with Gasteiger partial charge in [0.15, 0.2) is 0 Å². The zero-order chi connectivity index (χ0) is 21.5. The van der Waals surface area contributed by atoms with Crippen molar-refractivity contribution in [3.63, 3.8) is 0 Å². The molecule has 0 radical (unpaired) electrons. The van der Waals surface area contributed by atoms with Gasteiger partial charge in [-0.15, -0.1) is 0 Å². The van der Waals surface area contributed by atoms with Gasteiger partial charge in [0.1, 0.15) is 5.82 Å². The Hall–Kier alpha value is -2.55. The van der Waals surface area contributed by atoms with E-state index >= 15 is 0 Å². The van der Waals surface area contributed by atoms with E-state index in [1.807, 2.05) is 6.92 Å². The molecule has 4 heterocycles. The summed E-state index contributed by atoms with van der Waals surface area (Å²) < 4.78 is 46.9. The molecular weight excluding hydrogens is 395 g/mol. The average molecular weight is 419 g/mol. The second-order valence-corrected chi connectivity index (χ2v) is 8.21. The van der Waals surface area contributed by atoms with E-state index in [1.165, 1.54) is 0 Å². The number of aromatic nitrogens is 4. The molecular formula is C21H24F3N5O. The van der Waals surface area contributed by atoms with Crippen molar-refractivity contribution in [3.8, 4) is 0 Å². The predicted octanol–water partition coefficient (Wildman–Crippen LogP) is 4.84. The fourth-order valence-electron chi connectivity index (χ4n) is 3.97. The summed E-state index contributed by atoms with van der Waals surface area (Å²) >= 11 is 0. The molecule has 1 atom stereocenters. The molecule has 4 rings (SSSR count). The second kappa shape index (κ2) is 7.94. The normalized spacial score (nSPS) is 18.4. The molecule has 3 aromatic rings. The van der Waals surface area contributed by atoms with Gasteiger partial charge < -0.3 is 4.52 Å². The molecule has 9 heteroatoms. The van der Waals surface area contributed by atoms with E-state index < -0.39 is 11.7 Å². The molecule has 0 aromatic carbocycles. The molecule has 3 aromatic heterocycles. The highest BCUT2D eigenvalue weighted by atomic mass is 19.4. The first-order chi connectivity index (χ1) is 14.2. The van der Waals surface area contributed by atoms with Gasteiger partial charge in [0, 0.05) is 42.7 Å². The molecule has 0 bridgehead atoms. The smallest absolute Gasteiger partial charge is 0.336 e. The minimum absolute atomic E-state index is 0.00239. The van der Waals surface area contributed by atoms with E-state index in [-0.39, 0.29) is 22.9 Å². The van der Waals surface area contributed by atoms with Gasteiger partial charge in [-0.05, 0) is 38.3 Å². The van der Waals surface area contributed by atoms with Crippen molar-refractivity contribution in [2.75, 3.05) is 13.1 Å². The number of pyridine rings is 1. The molecule has 0 aliphatic carbocycles. The van der Waals surface area contributed by atoms with Crippen molar-refractivity contribution < 1.29 is 17.7 Å². The first kappa shape index (κ1) is 20.7. The number of piperidine rings is 1. The highest BCUT2D eigenvalue weighted by Gasteiger charge is 2.38. The maximum atomic E-state index is 13.9. The minimum atomic E-state index is -4.50. The Morgan fingerprint density at radius 1 is 1.23 bits per heavy atom. The fraction of sp³-hybridized carbons (Fsp3) is 0.524. The number of hydrogen-bond donors (Lipinski definition) is 0. The number of likely N-dealkylation sites (tertiary alicyclic amines) is 1. The lowest BCUT2D eigenvalue weighted by Gasteiger charge is -2.31. The van der Waals surface area contributed by atoms with Gasteiger partial charge in [-0.1, -0.05) is 19.0 Å². The van der Waals surface area contributed by atoms with Gasteiger partial charge in [0.2, 0.25) is 0 Å². The van der Waals surface area contributed by atoms with E-state index in [0.717, 1.165) is 31.0 Å². The van der Waals surface area contributed by atoms with Gasteiger partial charge in [-0.3, -0.25) is 4.90 Å². The summed E-state index contributed by atoms with van der Waals surface area (Å²) in [6.07, 6.45) is 0.697. The van der Waals surface area contributed by atoms with Crippen LogP contribution in [-0.4, -0.2) is 38.1 Å². The summed E-state index contributed by atoms with van der Waals surface area (Å²) in [4.78, 5) is 14.9. The number of rotatable bonds is 4. The molecule has 0 amide bonds. The molecule has 1 fully saturated rings. The molecule has 0 saturated carbocycles. The van der Waals surface area contributed by atoms with Crippen molar-refractivity contribution in [1.82, 2.24) is 25.0 Å². The van der Waals surface area contributed by atoms with Gasteiger partial charge in [-0.2, -0.15) is 13.2 Å². The third kappa shape index (κ3) is 4.16. The van der Waals surface area contributed by atoms with Crippen LogP contribution in [0.5, 0.6) is 0 Å².